The van der Waals surface area contributed by atoms with Crippen molar-refractivity contribution in [3.05, 3.63) is 59.9 Å². The van der Waals surface area contributed by atoms with E-state index in [1.54, 1.807) is 0 Å². The van der Waals surface area contributed by atoms with Crippen molar-refractivity contribution in [2.45, 2.75) is 32.2 Å². The van der Waals surface area contributed by atoms with Crippen LogP contribution in [0.4, 0.5) is 15.8 Å². The van der Waals surface area contributed by atoms with Crippen LogP contribution >= 0.6 is 0 Å². The fourth-order valence-corrected chi connectivity index (χ4v) is 5.06. The summed E-state index contributed by atoms with van der Waals surface area (Å²) in [6.45, 7) is 3.74. The van der Waals surface area contributed by atoms with E-state index >= 15 is 0 Å². The van der Waals surface area contributed by atoms with Crippen molar-refractivity contribution in [1.82, 2.24) is 5.32 Å². The molecule has 8 heteroatoms. The van der Waals surface area contributed by atoms with Gasteiger partial charge in [-0.25, -0.2) is 12.8 Å². The van der Waals surface area contributed by atoms with Crippen molar-refractivity contribution >= 4 is 27.3 Å². The first-order chi connectivity index (χ1) is 14.3. The van der Waals surface area contributed by atoms with E-state index in [0.29, 0.717) is 6.54 Å². The molecular formula is C22H28FN3O3S. The fourth-order valence-electron chi connectivity index (χ4n) is 3.90. The minimum Gasteiger partial charge on any atom is -0.371 e. The Morgan fingerprint density at radius 2 is 2.00 bits per heavy atom. The number of benzene rings is 2. The molecule has 0 saturated heterocycles. The Morgan fingerprint density at radius 3 is 2.73 bits per heavy atom. The van der Waals surface area contributed by atoms with Gasteiger partial charge in [0.2, 0.25) is 15.9 Å². The summed E-state index contributed by atoms with van der Waals surface area (Å²) in [5, 5.41) is 2.82. The lowest BCUT2D eigenvalue weighted by Gasteiger charge is -2.31. The van der Waals surface area contributed by atoms with Crippen molar-refractivity contribution in [2.24, 2.45) is 0 Å². The zero-order chi connectivity index (χ0) is 21.7. The van der Waals surface area contributed by atoms with Gasteiger partial charge in [-0.05, 0) is 56.0 Å². The van der Waals surface area contributed by atoms with Gasteiger partial charge in [-0.2, -0.15) is 0 Å². The summed E-state index contributed by atoms with van der Waals surface area (Å²) in [6.07, 6.45) is 3.95. The van der Waals surface area contributed by atoms with E-state index in [1.807, 2.05) is 6.07 Å². The van der Waals surface area contributed by atoms with Crippen LogP contribution in [0.5, 0.6) is 0 Å². The number of hydrogen-bond donors (Lipinski definition) is 1. The van der Waals surface area contributed by atoms with Gasteiger partial charge < -0.3 is 10.2 Å². The van der Waals surface area contributed by atoms with Crippen LogP contribution in [0, 0.1) is 5.82 Å². The predicted molar refractivity (Wildman–Crippen MR) is 118 cm³/mol. The molecule has 1 aliphatic rings. The number of nitrogens with zero attached hydrogens (tertiary/aromatic N) is 2. The van der Waals surface area contributed by atoms with Crippen molar-refractivity contribution in [2.75, 3.05) is 35.1 Å². The number of hydrogen-bond acceptors (Lipinski definition) is 4. The second-order valence-corrected chi connectivity index (χ2v) is 9.44. The lowest BCUT2D eigenvalue weighted by Crippen LogP contribution is -2.48. The van der Waals surface area contributed by atoms with Gasteiger partial charge in [0.05, 0.1) is 11.9 Å². The number of amides is 1. The summed E-state index contributed by atoms with van der Waals surface area (Å²) in [5.74, 6) is -0.973. The van der Waals surface area contributed by atoms with Gasteiger partial charge >= 0.3 is 0 Å². The Bertz CT molecular complexity index is 997. The number of sulfonamides is 1. The zero-order valence-corrected chi connectivity index (χ0v) is 18.2. The van der Waals surface area contributed by atoms with E-state index in [-0.39, 0.29) is 5.69 Å². The SMILES string of the molecule is C[C@H](C(=O)NCCCN1CCCc2ccccc21)N(c1cccc(F)c1)S(C)(=O)=O. The summed E-state index contributed by atoms with van der Waals surface area (Å²) in [4.78, 5) is 14.9. The molecule has 2 aromatic carbocycles. The van der Waals surface area contributed by atoms with Crippen LogP contribution in [0.2, 0.25) is 0 Å². The fraction of sp³-hybridized carbons (Fsp3) is 0.409. The standard InChI is InChI=1S/C22H28FN3O3S/c1-17(26(30(2,28)29)20-11-5-10-19(23)16-20)22(27)24-13-7-15-25-14-6-9-18-8-3-4-12-21(18)25/h3-5,8,10-12,16-17H,6-7,9,13-15H2,1-2H3,(H,24,27)/t17-/m1/s1. The van der Waals surface area contributed by atoms with Crippen LogP contribution in [0.15, 0.2) is 48.5 Å². The highest BCUT2D eigenvalue weighted by Crippen LogP contribution is 2.26. The number of carbonyl (C=O) groups is 1. The first kappa shape index (κ1) is 22.1. The van der Waals surface area contributed by atoms with Crippen LogP contribution in [0.3, 0.4) is 0 Å². The van der Waals surface area contributed by atoms with Gasteiger partial charge in [-0.1, -0.05) is 24.3 Å². The van der Waals surface area contributed by atoms with Crippen LogP contribution in [-0.4, -0.2) is 46.3 Å². The summed E-state index contributed by atoms with van der Waals surface area (Å²) >= 11 is 0. The number of rotatable bonds is 8. The lowest BCUT2D eigenvalue weighted by molar-refractivity contribution is -0.121. The minimum absolute atomic E-state index is 0.130. The van der Waals surface area contributed by atoms with Crippen LogP contribution in [-0.2, 0) is 21.2 Å². The summed E-state index contributed by atoms with van der Waals surface area (Å²) in [6, 6.07) is 12.6. The number of halogens is 1. The molecule has 162 valence electrons. The van der Waals surface area contributed by atoms with E-state index in [9.17, 15) is 17.6 Å². The second kappa shape index (κ2) is 9.47. The normalized spacial score (nSPS) is 14.7. The number of fused-ring (bicyclic) bond motifs is 1. The molecule has 0 aromatic heterocycles. The molecule has 30 heavy (non-hydrogen) atoms. The molecule has 0 bridgehead atoms. The largest absolute Gasteiger partial charge is 0.371 e. The third kappa shape index (κ3) is 5.30. The highest BCUT2D eigenvalue weighted by molar-refractivity contribution is 7.92. The number of aryl methyl sites for hydroxylation is 1. The number of nitrogens with one attached hydrogen (secondary N) is 1. The quantitative estimate of drug-likeness (QED) is 0.650. The maximum absolute atomic E-state index is 13.6. The molecular weight excluding hydrogens is 405 g/mol. The predicted octanol–water partition coefficient (Wildman–Crippen LogP) is 2.94. The average molecular weight is 434 g/mol. The van der Waals surface area contributed by atoms with Gasteiger partial charge in [0.1, 0.15) is 11.9 Å². The Hall–Kier alpha value is -2.61. The molecule has 0 spiro atoms. The topological polar surface area (TPSA) is 69.7 Å². The molecule has 0 fully saturated rings. The molecule has 0 unspecified atom stereocenters. The molecule has 0 aliphatic carbocycles. The molecule has 1 atom stereocenters. The molecule has 3 rings (SSSR count). The molecule has 1 heterocycles. The average Bonchev–Trinajstić information content (AvgIpc) is 2.70. The molecule has 6 nitrogen and oxygen atoms in total. The molecule has 1 N–H and O–H groups in total. The second-order valence-electron chi connectivity index (χ2n) is 7.58. The summed E-state index contributed by atoms with van der Waals surface area (Å²) < 4.78 is 39.1. The number of carbonyl (C=O) groups excluding carboxylic acids is 1. The Balaban J connectivity index is 1.57. The summed E-state index contributed by atoms with van der Waals surface area (Å²) in [7, 11) is -3.76. The molecule has 1 aliphatic heterocycles. The number of anilines is 2. The van der Waals surface area contributed by atoms with E-state index in [0.717, 1.165) is 49.0 Å². The molecule has 1 amide bonds. The maximum Gasteiger partial charge on any atom is 0.243 e. The van der Waals surface area contributed by atoms with Gasteiger partial charge in [0.15, 0.2) is 0 Å². The smallest absolute Gasteiger partial charge is 0.243 e. The highest BCUT2D eigenvalue weighted by atomic mass is 32.2. The molecule has 0 radical (unpaired) electrons. The Morgan fingerprint density at radius 1 is 1.23 bits per heavy atom. The van der Waals surface area contributed by atoms with Gasteiger partial charge in [0.25, 0.3) is 0 Å². The van der Waals surface area contributed by atoms with Crippen LogP contribution in [0.1, 0.15) is 25.3 Å². The van der Waals surface area contributed by atoms with E-state index < -0.39 is 27.8 Å². The monoisotopic (exact) mass is 433 g/mol. The van der Waals surface area contributed by atoms with Crippen LogP contribution in [0.25, 0.3) is 0 Å². The lowest BCUT2D eigenvalue weighted by atomic mass is 10.0. The Labute approximate surface area is 177 Å². The minimum atomic E-state index is -3.76. The molecule has 2 aromatic rings. The Kier molecular flexibility index (Phi) is 6.97. The first-order valence-electron chi connectivity index (χ1n) is 10.1. The van der Waals surface area contributed by atoms with Crippen molar-refractivity contribution in [1.29, 1.82) is 0 Å². The van der Waals surface area contributed by atoms with E-state index in [2.05, 4.69) is 28.4 Å². The van der Waals surface area contributed by atoms with Crippen LogP contribution < -0.4 is 14.5 Å². The first-order valence-corrected chi connectivity index (χ1v) is 12.0. The van der Waals surface area contributed by atoms with Gasteiger partial charge in [-0.3, -0.25) is 9.10 Å². The molecule has 0 saturated carbocycles. The third-order valence-electron chi connectivity index (χ3n) is 5.26. The van der Waals surface area contributed by atoms with E-state index in [1.165, 1.54) is 36.4 Å². The zero-order valence-electron chi connectivity index (χ0n) is 17.3. The van der Waals surface area contributed by atoms with Gasteiger partial charge in [0, 0.05) is 25.3 Å². The maximum atomic E-state index is 13.6. The van der Waals surface area contributed by atoms with Crippen molar-refractivity contribution < 1.29 is 17.6 Å². The van der Waals surface area contributed by atoms with Gasteiger partial charge in [-0.15, -0.1) is 0 Å². The van der Waals surface area contributed by atoms with E-state index in [4.69, 9.17) is 0 Å². The number of para-hydroxylation sites is 1. The summed E-state index contributed by atoms with van der Waals surface area (Å²) in [5.41, 5.74) is 2.73. The van der Waals surface area contributed by atoms with Crippen molar-refractivity contribution in [3.8, 4) is 0 Å². The van der Waals surface area contributed by atoms with Crippen molar-refractivity contribution in [3.63, 3.8) is 0 Å². The third-order valence-corrected chi connectivity index (χ3v) is 6.50. The highest BCUT2D eigenvalue weighted by Gasteiger charge is 2.29.